The highest BCUT2D eigenvalue weighted by Gasteiger charge is 2.37. The van der Waals surface area contributed by atoms with Gasteiger partial charge in [0, 0.05) is 32.2 Å². The maximum Gasteiger partial charge on any atom is 0.387 e. The van der Waals surface area contributed by atoms with Gasteiger partial charge in [-0.3, -0.25) is 9.59 Å². The van der Waals surface area contributed by atoms with Gasteiger partial charge in [-0.2, -0.15) is 8.78 Å². The Morgan fingerprint density at radius 2 is 1.90 bits per heavy atom. The molecule has 1 heterocycles. The quantitative estimate of drug-likeness (QED) is 0.707. The van der Waals surface area contributed by atoms with Gasteiger partial charge in [-0.15, -0.1) is 0 Å². The number of hydrogen-bond donors (Lipinski definition) is 0. The fraction of sp³-hybridized carbons (Fsp3) is 0.364. The molecule has 7 heteroatoms. The van der Waals surface area contributed by atoms with Crippen LogP contribution in [-0.2, 0) is 22.6 Å². The summed E-state index contributed by atoms with van der Waals surface area (Å²) in [7, 11) is 1.68. The molecule has 1 saturated heterocycles. The third-order valence-electron chi connectivity index (χ3n) is 5.08. The Hall–Kier alpha value is -2.96. The van der Waals surface area contributed by atoms with Crippen LogP contribution >= 0.6 is 0 Å². The third-order valence-corrected chi connectivity index (χ3v) is 5.08. The van der Waals surface area contributed by atoms with Crippen molar-refractivity contribution in [1.82, 2.24) is 4.90 Å². The highest BCUT2D eigenvalue weighted by Crippen LogP contribution is 2.29. The number of alkyl halides is 2. The first-order valence-corrected chi connectivity index (χ1v) is 9.56. The first kappa shape index (κ1) is 20.8. The van der Waals surface area contributed by atoms with Crippen LogP contribution in [0.4, 0.5) is 14.5 Å². The molecule has 0 N–H and O–H groups in total. The molecule has 0 saturated carbocycles. The molecule has 1 atom stereocenters. The van der Waals surface area contributed by atoms with E-state index in [2.05, 4.69) is 4.74 Å². The number of hydrogen-bond acceptors (Lipinski definition) is 3. The highest BCUT2D eigenvalue weighted by atomic mass is 19.3. The number of amides is 2. The Morgan fingerprint density at radius 1 is 1.21 bits per heavy atom. The molecule has 0 radical (unpaired) electrons. The number of benzene rings is 2. The van der Waals surface area contributed by atoms with Gasteiger partial charge in [0.15, 0.2) is 0 Å². The first-order valence-electron chi connectivity index (χ1n) is 9.56. The molecule has 154 valence electrons. The molecule has 3 rings (SSSR count). The minimum atomic E-state index is -2.87. The standard InChI is InChI=1S/C22H24F2N2O3/c1-3-16-6-4-5-7-19(16)26-14-17(12-20(26)27)21(28)25(2)13-15-8-10-18(11-9-15)29-22(23)24/h4-11,17,22H,3,12-14H2,1-2H3. The van der Waals surface area contributed by atoms with Gasteiger partial charge in [-0.05, 0) is 35.7 Å². The number of nitrogens with zero attached hydrogens (tertiary/aromatic N) is 2. The topological polar surface area (TPSA) is 49.9 Å². The Labute approximate surface area is 168 Å². The van der Waals surface area contributed by atoms with E-state index in [0.717, 1.165) is 23.2 Å². The lowest BCUT2D eigenvalue weighted by atomic mass is 10.1. The maximum atomic E-state index is 12.9. The van der Waals surface area contributed by atoms with Gasteiger partial charge in [0.2, 0.25) is 11.8 Å². The van der Waals surface area contributed by atoms with Crippen LogP contribution in [-0.4, -0.2) is 36.9 Å². The first-order chi connectivity index (χ1) is 13.9. The van der Waals surface area contributed by atoms with Crippen molar-refractivity contribution in [3.05, 3.63) is 59.7 Å². The molecule has 2 amide bonds. The van der Waals surface area contributed by atoms with Gasteiger partial charge in [0.25, 0.3) is 0 Å². The van der Waals surface area contributed by atoms with E-state index in [0.29, 0.717) is 13.1 Å². The van der Waals surface area contributed by atoms with Gasteiger partial charge in [-0.1, -0.05) is 37.3 Å². The van der Waals surface area contributed by atoms with Crippen molar-refractivity contribution in [2.45, 2.75) is 32.9 Å². The minimum absolute atomic E-state index is 0.0499. The van der Waals surface area contributed by atoms with E-state index >= 15 is 0 Å². The van der Waals surface area contributed by atoms with Crippen LogP contribution in [0.2, 0.25) is 0 Å². The molecule has 1 fully saturated rings. The third kappa shape index (κ3) is 4.91. The predicted octanol–water partition coefficient (Wildman–Crippen LogP) is 3.86. The Bertz CT molecular complexity index is 871. The van der Waals surface area contributed by atoms with Crippen LogP contribution in [0.5, 0.6) is 5.75 Å². The molecule has 0 aliphatic carbocycles. The van der Waals surface area contributed by atoms with Crippen LogP contribution in [0.1, 0.15) is 24.5 Å². The predicted molar refractivity (Wildman–Crippen MR) is 106 cm³/mol. The number of aryl methyl sites for hydroxylation is 1. The molecule has 1 aliphatic heterocycles. The lowest BCUT2D eigenvalue weighted by Gasteiger charge is -2.22. The number of anilines is 1. The van der Waals surface area contributed by atoms with E-state index in [1.807, 2.05) is 31.2 Å². The zero-order valence-electron chi connectivity index (χ0n) is 16.5. The van der Waals surface area contributed by atoms with Crippen molar-refractivity contribution < 1.29 is 23.1 Å². The summed E-state index contributed by atoms with van der Waals surface area (Å²) in [6.45, 7) is -0.150. The molecule has 2 aromatic rings. The second-order valence-corrected chi connectivity index (χ2v) is 7.10. The van der Waals surface area contributed by atoms with Crippen LogP contribution in [0.3, 0.4) is 0 Å². The summed E-state index contributed by atoms with van der Waals surface area (Å²) >= 11 is 0. The van der Waals surface area contributed by atoms with Crippen molar-refractivity contribution in [2.75, 3.05) is 18.5 Å². The number of para-hydroxylation sites is 1. The van der Waals surface area contributed by atoms with E-state index in [9.17, 15) is 18.4 Å². The second kappa shape index (κ2) is 9.03. The molecule has 29 heavy (non-hydrogen) atoms. The van der Waals surface area contributed by atoms with Crippen LogP contribution in [0, 0.1) is 5.92 Å². The monoisotopic (exact) mass is 402 g/mol. The Balaban J connectivity index is 1.63. The highest BCUT2D eigenvalue weighted by molar-refractivity contribution is 6.00. The molecule has 0 bridgehead atoms. The number of carbonyl (C=O) groups is 2. The molecule has 2 aromatic carbocycles. The van der Waals surface area contributed by atoms with Gasteiger partial charge < -0.3 is 14.5 Å². The van der Waals surface area contributed by atoms with Crippen LogP contribution in [0.25, 0.3) is 0 Å². The molecular formula is C22H24F2N2O3. The second-order valence-electron chi connectivity index (χ2n) is 7.10. The van der Waals surface area contributed by atoms with Crippen molar-refractivity contribution in [1.29, 1.82) is 0 Å². The van der Waals surface area contributed by atoms with Gasteiger partial charge >= 0.3 is 6.61 Å². The van der Waals surface area contributed by atoms with Gasteiger partial charge in [-0.25, -0.2) is 0 Å². The van der Waals surface area contributed by atoms with Crippen molar-refractivity contribution in [3.63, 3.8) is 0 Å². The Kier molecular flexibility index (Phi) is 6.46. The molecule has 5 nitrogen and oxygen atoms in total. The molecule has 1 unspecified atom stereocenters. The fourth-order valence-electron chi connectivity index (χ4n) is 3.62. The fourth-order valence-corrected chi connectivity index (χ4v) is 3.62. The summed E-state index contributed by atoms with van der Waals surface area (Å²) in [5.74, 6) is -0.489. The summed E-state index contributed by atoms with van der Waals surface area (Å²) in [5, 5.41) is 0. The lowest BCUT2D eigenvalue weighted by Crippen LogP contribution is -2.34. The van der Waals surface area contributed by atoms with E-state index in [4.69, 9.17) is 0 Å². The van der Waals surface area contributed by atoms with Gasteiger partial charge in [0.1, 0.15) is 5.75 Å². The molecule has 0 aromatic heterocycles. The average molecular weight is 402 g/mol. The smallest absolute Gasteiger partial charge is 0.387 e. The van der Waals surface area contributed by atoms with Crippen LogP contribution in [0.15, 0.2) is 48.5 Å². The summed E-state index contributed by atoms with van der Waals surface area (Å²) in [4.78, 5) is 28.7. The Morgan fingerprint density at radius 3 is 2.55 bits per heavy atom. The SMILES string of the molecule is CCc1ccccc1N1CC(C(=O)N(C)Cc2ccc(OC(F)F)cc2)CC1=O. The van der Waals surface area contributed by atoms with Gasteiger partial charge in [0.05, 0.1) is 5.92 Å². The number of carbonyl (C=O) groups excluding carboxylic acids is 2. The zero-order valence-corrected chi connectivity index (χ0v) is 16.5. The van der Waals surface area contributed by atoms with E-state index in [-0.39, 0.29) is 24.0 Å². The number of ether oxygens (including phenoxy) is 1. The van der Waals surface area contributed by atoms with E-state index in [1.165, 1.54) is 12.1 Å². The van der Waals surface area contributed by atoms with E-state index < -0.39 is 12.5 Å². The normalized spacial score (nSPS) is 16.4. The summed E-state index contributed by atoms with van der Waals surface area (Å²) in [6.07, 6.45) is 0.992. The maximum absolute atomic E-state index is 12.9. The molecule has 1 aliphatic rings. The van der Waals surface area contributed by atoms with Crippen molar-refractivity contribution >= 4 is 17.5 Å². The summed E-state index contributed by atoms with van der Waals surface area (Å²) in [6, 6.07) is 13.9. The van der Waals surface area contributed by atoms with Crippen molar-refractivity contribution in [2.24, 2.45) is 5.92 Å². The van der Waals surface area contributed by atoms with Crippen molar-refractivity contribution in [3.8, 4) is 5.75 Å². The van der Waals surface area contributed by atoms with E-state index in [1.54, 1.807) is 29.0 Å². The summed E-state index contributed by atoms with van der Waals surface area (Å²) in [5.41, 5.74) is 2.74. The van der Waals surface area contributed by atoms with Crippen LogP contribution < -0.4 is 9.64 Å². The largest absolute Gasteiger partial charge is 0.435 e. The minimum Gasteiger partial charge on any atom is -0.435 e. The number of halogens is 2. The number of rotatable bonds is 7. The average Bonchev–Trinajstić information content (AvgIpc) is 3.09. The molecule has 0 spiro atoms. The zero-order chi connectivity index (χ0) is 21.0. The molecular weight excluding hydrogens is 378 g/mol. The summed E-state index contributed by atoms with van der Waals surface area (Å²) < 4.78 is 28.8. The lowest BCUT2D eigenvalue weighted by molar-refractivity contribution is -0.135.